The van der Waals surface area contributed by atoms with Gasteiger partial charge in [0.15, 0.2) is 6.29 Å². The number of aryl methyl sites for hydroxylation is 1. The van der Waals surface area contributed by atoms with Gasteiger partial charge in [0.25, 0.3) is 0 Å². The van der Waals surface area contributed by atoms with Crippen LogP contribution in [0, 0.1) is 6.92 Å². The van der Waals surface area contributed by atoms with Crippen LogP contribution in [-0.4, -0.2) is 12.4 Å². The fourth-order valence-electron chi connectivity index (χ4n) is 4.13. The summed E-state index contributed by atoms with van der Waals surface area (Å²) in [5.41, 5.74) is 4.00. The van der Waals surface area contributed by atoms with Gasteiger partial charge in [0.1, 0.15) is 5.75 Å². The van der Waals surface area contributed by atoms with Crippen molar-refractivity contribution in [3.63, 3.8) is 0 Å². The Morgan fingerprint density at radius 1 is 1.07 bits per heavy atom. The van der Waals surface area contributed by atoms with Crippen LogP contribution in [0.3, 0.4) is 0 Å². The average molecular weight is 367 g/mol. The van der Waals surface area contributed by atoms with Crippen molar-refractivity contribution in [3.8, 4) is 5.75 Å². The van der Waals surface area contributed by atoms with Gasteiger partial charge in [-0.25, -0.2) is 0 Å². The molecule has 3 atom stereocenters. The summed E-state index contributed by atoms with van der Waals surface area (Å²) in [5.74, 6) is 1.62. The molecule has 2 nitrogen and oxygen atoms in total. The van der Waals surface area contributed by atoms with Crippen LogP contribution in [0.25, 0.3) is 0 Å². The molecule has 0 aliphatic carbocycles. The molecule has 0 aromatic heterocycles. The first-order chi connectivity index (χ1) is 13.2. The second kappa shape index (κ2) is 9.94. The van der Waals surface area contributed by atoms with E-state index < -0.39 is 0 Å². The van der Waals surface area contributed by atoms with Crippen molar-refractivity contribution in [3.05, 3.63) is 65.2 Å². The minimum Gasteiger partial charge on any atom is -0.465 e. The monoisotopic (exact) mass is 366 g/mol. The maximum Gasteiger partial charge on any atom is 0.200 e. The number of ether oxygens (including phenoxy) is 2. The lowest BCUT2D eigenvalue weighted by atomic mass is 9.91. The van der Waals surface area contributed by atoms with Gasteiger partial charge < -0.3 is 9.47 Å². The molecule has 1 fully saturated rings. The molecule has 0 bridgehead atoms. The van der Waals surface area contributed by atoms with Gasteiger partial charge in [0.05, 0.1) is 6.10 Å². The van der Waals surface area contributed by atoms with E-state index in [4.69, 9.17) is 9.47 Å². The topological polar surface area (TPSA) is 18.5 Å². The quantitative estimate of drug-likeness (QED) is 0.511. The maximum atomic E-state index is 6.26. The highest BCUT2D eigenvalue weighted by atomic mass is 16.7. The molecule has 1 aliphatic heterocycles. The van der Waals surface area contributed by atoms with Crippen molar-refractivity contribution in [2.45, 2.75) is 84.0 Å². The Balaban J connectivity index is 1.61. The molecule has 0 saturated carbocycles. The second-order valence-corrected chi connectivity index (χ2v) is 7.84. The normalized spacial score (nSPS) is 21.0. The lowest BCUT2D eigenvalue weighted by Crippen LogP contribution is -2.33. The first-order valence-electron chi connectivity index (χ1n) is 10.7. The van der Waals surface area contributed by atoms with Crippen LogP contribution in [-0.2, 0) is 11.2 Å². The summed E-state index contributed by atoms with van der Waals surface area (Å²) in [6.07, 6.45) is 8.01. The molecule has 27 heavy (non-hydrogen) atoms. The Morgan fingerprint density at radius 3 is 2.59 bits per heavy atom. The number of hydrogen-bond acceptors (Lipinski definition) is 2. The van der Waals surface area contributed by atoms with Crippen molar-refractivity contribution >= 4 is 0 Å². The summed E-state index contributed by atoms with van der Waals surface area (Å²) in [4.78, 5) is 0. The Hall–Kier alpha value is -1.80. The summed E-state index contributed by atoms with van der Waals surface area (Å²) < 4.78 is 12.5. The summed E-state index contributed by atoms with van der Waals surface area (Å²) >= 11 is 0. The number of rotatable bonds is 8. The second-order valence-electron chi connectivity index (χ2n) is 7.84. The summed E-state index contributed by atoms with van der Waals surface area (Å²) in [6, 6.07) is 17.3. The van der Waals surface area contributed by atoms with E-state index in [2.05, 4.69) is 69.3 Å². The third-order valence-corrected chi connectivity index (χ3v) is 5.68. The molecule has 1 heterocycles. The van der Waals surface area contributed by atoms with E-state index in [1.165, 1.54) is 36.0 Å². The Bertz CT molecular complexity index is 695. The molecule has 2 aromatic rings. The van der Waals surface area contributed by atoms with Crippen molar-refractivity contribution in [1.29, 1.82) is 0 Å². The van der Waals surface area contributed by atoms with Gasteiger partial charge in [0, 0.05) is 6.42 Å². The fraction of sp³-hybridized carbons (Fsp3) is 0.520. The number of benzene rings is 2. The molecule has 0 spiro atoms. The fourth-order valence-corrected chi connectivity index (χ4v) is 4.13. The molecule has 146 valence electrons. The van der Waals surface area contributed by atoms with Crippen LogP contribution in [0.4, 0.5) is 0 Å². The molecular formula is C25H34O2. The molecule has 1 aliphatic rings. The van der Waals surface area contributed by atoms with E-state index in [0.717, 1.165) is 31.4 Å². The molecule has 3 rings (SSSR count). The van der Waals surface area contributed by atoms with Crippen LogP contribution in [0.1, 0.15) is 75.0 Å². The zero-order valence-corrected chi connectivity index (χ0v) is 17.1. The van der Waals surface area contributed by atoms with Gasteiger partial charge in [-0.15, -0.1) is 0 Å². The van der Waals surface area contributed by atoms with E-state index >= 15 is 0 Å². The minimum absolute atomic E-state index is 0.130. The lowest BCUT2D eigenvalue weighted by molar-refractivity contribution is -0.146. The first-order valence-corrected chi connectivity index (χ1v) is 10.7. The summed E-state index contributed by atoms with van der Waals surface area (Å²) in [5, 5.41) is 0. The minimum atomic E-state index is -0.130. The zero-order valence-electron chi connectivity index (χ0n) is 17.1. The van der Waals surface area contributed by atoms with Crippen LogP contribution in [0.2, 0.25) is 0 Å². The van der Waals surface area contributed by atoms with Crippen molar-refractivity contribution < 1.29 is 9.47 Å². The SMILES string of the molecule is CCCC(CC)c1ccc(OC2CCCC(Cc3ccccc3)O2)c(C)c1. The Labute approximate surface area is 164 Å². The van der Waals surface area contributed by atoms with E-state index in [9.17, 15) is 0 Å². The van der Waals surface area contributed by atoms with Gasteiger partial charge in [0.2, 0.25) is 0 Å². The largest absolute Gasteiger partial charge is 0.465 e. The Kier molecular flexibility index (Phi) is 7.34. The number of hydrogen-bond donors (Lipinski definition) is 0. The summed E-state index contributed by atoms with van der Waals surface area (Å²) in [6.45, 7) is 6.70. The standard InChI is InChI=1S/C25H34O2/c1-4-10-21(5-2)22-15-16-24(19(3)17-22)27-25-14-9-13-23(26-25)18-20-11-7-6-8-12-20/h6-8,11-12,15-17,21,23,25H,4-5,9-10,13-14,18H2,1-3H3. The highest BCUT2D eigenvalue weighted by molar-refractivity contribution is 5.37. The van der Waals surface area contributed by atoms with Gasteiger partial charge >= 0.3 is 0 Å². The van der Waals surface area contributed by atoms with Crippen LogP contribution < -0.4 is 4.74 Å². The molecule has 0 amide bonds. The molecule has 1 saturated heterocycles. The van der Waals surface area contributed by atoms with Crippen molar-refractivity contribution in [2.75, 3.05) is 0 Å². The third-order valence-electron chi connectivity index (χ3n) is 5.68. The van der Waals surface area contributed by atoms with Gasteiger partial charge in [-0.1, -0.05) is 62.7 Å². The van der Waals surface area contributed by atoms with E-state index in [1.807, 2.05) is 0 Å². The molecule has 2 aromatic carbocycles. The molecule has 3 unspecified atom stereocenters. The van der Waals surface area contributed by atoms with Gasteiger partial charge in [-0.2, -0.15) is 0 Å². The molecule has 2 heteroatoms. The van der Waals surface area contributed by atoms with E-state index in [0.29, 0.717) is 5.92 Å². The summed E-state index contributed by atoms with van der Waals surface area (Å²) in [7, 11) is 0. The Morgan fingerprint density at radius 2 is 1.89 bits per heavy atom. The smallest absolute Gasteiger partial charge is 0.200 e. The van der Waals surface area contributed by atoms with Gasteiger partial charge in [-0.3, -0.25) is 0 Å². The van der Waals surface area contributed by atoms with Crippen LogP contribution in [0.5, 0.6) is 5.75 Å². The first kappa shape index (κ1) is 19.9. The third kappa shape index (κ3) is 5.59. The van der Waals surface area contributed by atoms with Crippen molar-refractivity contribution in [1.82, 2.24) is 0 Å². The van der Waals surface area contributed by atoms with Crippen LogP contribution in [0.15, 0.2) is 48.5 Å². The predicted molar refractivity (Wildman–Crippen MR) is 112 cm³/mol. The van der Waals surface area contributed by atoms with Crippen LogP contribution >= 0.6 is 0 Å². The predicted octanol–water partition coefficient (Wildman–Crippen LogP) is 6.81. The zero-order chi connectivity index (χ0) is 19.1. The highest BCUT2D eigenvalue weighted by Gasteiger charge is 2.24. The maximum absolute atomic E-state index is 6.26. The lowest BCUT2D eigenvalue weighted by Gasteiger charge is -2.31. The molecule has 0 radical (unpaired) electrons. The van der Waals surface area contributed by atoms with Crippen molar-refractivity contribution in [2.24, 2.45) is 0 Å². The molecular weight excluding hydrogens is 332 g/mol. The molecule has 0 N–H and O–H groups in total. The van der Waals surface area contributed by atoms with E-state index in [1.54, 1.807) is 0 Å². The average Bonchev–Trinajstić information content (AvgIpc) is 2.69. The van der Waals surface area contributed by atoms with Gasteiger partial charge in [-0.05, 0) is 67.7 Å². The van der Waals surface area contributed by atoms with E-state index in [-0.39, 0.29) is 12.4 Å². The highest BCUT2D eigenvalue weighted by Crippen LogP contribution is 2.31.